The molecule has 0 aliphatic rings. The standard InChI is InChI=1S/C10H13N3/c1-5-6-11-10-7(2)8(3)12-9(4)13-10/h1H,6H2,2-4H3,(H,11,12,13). The van der Waals surface area contributed by atoms with Gasteiger partial charge in [0.05, 0.1) is 6.54 Å². The van der Waals surface area contributed by atoms with Gasteiger partial charge in [0.15, 0.2) is 0 Å². The predicted octanol–water partition coefficient (Wildman–Crippen LogP) is 1.45. The first-order chi connectivity index (χ1) is 6.15. The van der Waals surface area contributed by atoms with Gasteiger partial charge in [-0.05, 0) is 20.8 Å². The fourth-order valence-corrected chi connectivity index (χ4v) is 1.08. The fraction of sp³-hybridized carbons (Fsp3) is 0.400. The molecular weight excluding hydrogens is 162 g/mol. The lowest BCUT2D eigenvalue weighted by atomic mass is 10.2. The summed E-state index contributed by atoms with van der Waals surface area (Å²) < 4.78 is 0. The van der Waals surface area contributed by atoms with Gasteiger partial charge in [0, 0.05) is 11.3 Å². The van der Waals surface area contributed by atoms with Gasteiger partial charge in [-0.25, -0.2) is 9.97 Å². The van der Waals surface area contributed by atoms with E-state index >= 15 is 0 Å². The number of hydrogen-bond acceptors (Lipinski definition) is 3. The summed E-state index contributed by atoms with van der Waals surface area (Å²) in [6.45, 7) is 6.31. The van der Waals surface area contributed by atoms with Crippen LogP contribution in [0.2, 0.25) is 0 Å². The molecule has 0 bridgehead atoms. The Kier molecular flexibility index (Phi) is 2.86. The SMILES string of the molecule is C#CCNc1nc(C)nc(C)c1C. The van der Waals surface area contributed by atoms with Crippen molar-refractivity contribution in [1.29, 1.82) is 0 Å². The summed E-state index contributed by atoms with van der Waals surface area (Å²) in [4.78, 5) is 8.49. The summed E-state index contributed by atoms with van der Waals surface area (Å²) >= 11 is 0. The van der Waals surface area contributed by atoms with Crippen molar-refractivity contribution in [3.05, 3.63) is 17.1 Å². The third kappa shape index (κ3) is 2.19. The summed E-state index contributed by atoms with van der Waals surface area (Å²) in [6.07, 6.45) is 5.15. The van der Waals surface area contributed by atoms with E-state index in [9.17, 15) is 0 Å². The number of nitrogens with zero attached hydrogens (tertiary/aromatic N) is 2. The van der Waals surface area contributed by atoms with Crippen LogP contribution in [-0.2, 0) is 0 Å². The Labute approximate surface area is 78.6 Å². The normalized spacial score (nSPS) is 9.38. The molecule has 3 heteroatoms. The highest BCUT2D eigenvalue weighted by Gasteiger charge is 2.03. The lowest BCUT2D eigenvalue weighted by molar-refractivity contribution is 0.983. The van der Waals surface area contributed by atoms with E-state index in [1.807, 2.05) is 20.8 Å². The number of nitrogens with one attached hydrogen (secondary N) is 1. The molecule has 0 amide bonds. The minimum Gasteiger partial charge on any atom is -0.359 e. The topological polar surface area (TPSA) is 37.8 Å². The number of rotatable bonds is 2. The molecule has 0 spiro atoms. The molecule has 0 saturated heterocycles. The van der Waals surface area contributed by atoms with Gasteiger partial charge in [0.2, 0.25) is 0 Å². The van der Waals surface area contributed by atoms with E-state index in [-0.39, 0.29) is 0 Å². The third-order valence-corrected chi connectivity index (χ3v) is 1.86. The Morgan fingerprint density at radius 1 is 1.31 bits per heavy atom. The average Bonchev–Trinajstić information content (AvgIpc) is 2.09. The zero-order valence-corrected chi connectivity index (χ0v) is 8.18. The molecule has 68 valence electrons. The third-order valence-electron chi connectivity index (χ3n) is 1.86. The van der Waals surface area contributed by atoms with E-state index in [1.54, 1.807) is 0 Å². The number of aromatic nitrogens is 2. The van der Waals surface area contributed by atoms with Gasteiger partial charge in [-0.15, -0.1) is 6.42 Å². The molecule has 0 aliphatic carbocycles. The summed E-state index contributed by atoms with van der Waals surface area (Å²) in [5, 5.41) is 3.06. The number of hydrogen-bond donors (Lipinski definition) is 1. The van der Waals surface area contributed by atoms with Crippen molar-refractivity contribution >= 4 is 5.82 Å². The Bertz CT molecular complexity index is 350. The van der Waals surface area contributed by atoms with Crippen molar-refractivity contribution in [2.75, 3.05) is 11.9 Å². The van der Waals surface area contributed by atoms with Gasteiger partial charge in [0.1, 0.15) is 11.6 Å². The maximum absolute atomic E-state index is 5.15. The van der Waals surface area contributed by atoms with Crippen LogP contribution in [0.5, 0.6) is 0 Å². The lowest BCUT2D eigenvalue weighted by Gasteiger charge is -2.08. The summed E-state index contributed by atoms with van der Waals surface area (Å²) in [5.74, 6) is 4.11. The summed E-state index contributed by atoms with van der Waals surface area (Å²) in [6, 6.07) is 0. The highest BCUT2D eigenvalue weighted by atomic mass is 15.0. The first kappa shape index (κ1) is 9.53. The summed E-state index contributed by atoms with van der Waals surface area (Å²) in [7, 11) is 0. The number of terminal acetylenes is 1. The molecule has 1 heterocycles. The van der Waals surface area contributed by atoms with E-state index in [2.05, 4.69) is 21.2 Å². The van der Waals surface area contributed by atoms with E-state index in [1.165, 1.54) is 0 Å². The molecule has 0 atom stereocenters. The van der Waals surface area contributed by atoms with Crippen molar-refractivity contribution in [2.24, 2.45) is 0 Å². The number of anilines is 1. The molecule has 3 nitrogen and oxygen atoms in total. The summed E-state index contributed by atoms with van der Waals surface area (Å²) in [5.41, 5.74) is 2.05. The lowest BCUT2D eigenvalue weighted by Crippen LogP contribution is -2.06. The van der Waals surface area contributed by atoms with Crippen LogP contribution in [0, 0.1) is 33.1 Å². The maximum atomic E-state index is 5.15. The van der Waals surface area contributed by atoms with Crippen LogP contribution in [0.3, 0.4) is 0 Å². The van der Waals surface area contributed by atoms with Crippen LogP contribution in [0.25, 0.3) is 0 Å². The monoisotopic (exact) mass is 175 g/mol. The van der Waals surface area contributed by atoms with Crippen molar-refractivity contribution in [2.45, 2.75) is 20.8 Å². The average molecular weight is 175 g/mol. The quantitative estimate of drug-likeness (QED) is 0.691. The second kappa shape index (κ2) is 3.90. The van der Waals surface area contributed by atoms with Gasteiger partial charge in [-0.1, -0.05) is 5.92 Å². The smallest absolute Gasteiger partial charge is 0.133 e. The maximum Gasteiger partial charge on any atom is 0.133 e. The largest absolute Gasteiger partial charge is 0.359 e. The minimum absolute atomic E-state index is 0.497. The van der Waals surface area contributed by atoms with Gasteiger partial charge < -0.3 is 5.32 Å². The van der Waals surface area contributed by atoms with E-state index in [0.29, 0.717) is 6.54 Å². The fourth-order valence-electron chi connectivity index (χ4n) is 1.08. The molecule has 0 aromatic carbocycles. The Morgan fingerprint density at radius 2 is 2.00 bits per heavy atom. The van der Waals surface area contributed by atoms with Crippen molar-refractivity contribution in [1.82, 2.24) is 9.97 Å². The molecule has 0 saturated carbocycles. The molecule has 0 fully saturated rings. The molecule has 1 aromatic rings. The Morgan fingerprint density at radius 3 is 2.62 bits per heavy atom. The first-order valence-electron chi connectivity index (χ1n) is 4.14. The second-order valence-electron chi connectivity index (χ2n) is 2.89. The molecule has 1 rings (SSSR count). The van der Waals surface area contributed by atoms with Crippen LogP contribution < -0.4 is 5.32 Å². The van der Waals surface area contributed by atoms with Gasteiger partial charge in [0.25, 0.3) is 0 Å². The first-order valence-corrected chi connectivity index (χ1v) is 4.14. The van der Waals surface area contributed by atoms with Crippen LogP contribution in [-0.4, -0.2) is 16.5 Å². The van der Waals surface area contributed by atoms with Crippen LogP contribution >= 0.6 is 0 Å². The van der Waals surface area contributed by atoms with E-state index in [0.717, 1.165) is 22.9 Å². The zero-order chi connectivity index (χ0) is 9.84. The molecule has 1 N–H and O–H groups in total. The highest BCUT2D eigenvalue weighted by molar-refractivity contribution is 5.46. The van der Waals surface area contributed by atoms with Gasteiger partial charge >= 0.3 is 0 Å². The molecule has 0 radical (unpaired) electrons. The van der Waals surface area contributed by atoms with Gasteiger partial charge in [-0.3, -0.25) is 0 Å². The molecule has 1 aromatic heterocycles. The van der Waals surface area contributed by atoms with Crippen molar-refractivity contribution < 1.29 is 0 Å². The second-order valence-corrected chi connectivity index (χ2v) is 2.89. The molecule has 0 unspecified atom stereocenters. The van der Waals surface area contributed by atoms with E-state index < -0.39 is 0 Å². The predicted molar refractivity (Wildman–Crippen MR) is 53.6 cm³/mol. The van der Waals surface area contributed by atoms with Crippen molar-refractivity contribution in [3.8, 4) is 12.3 Å². The van der Waals surface area contributed by atoms with Crippen LogP contribution in [0.15, 0.2) is 0 Å². The molecule has 0 aliphatic heterocycles. The van der Waals surface area contributed by atoms with Crippen LogP contribution in [0.1, 0.15) is 17.1 Å². The molecule has 13 heavy (non-hydrogen) atoms. The zero-order valence-electron chi connectivity index (χ0n) is 8.18. The van der Waals surface area contributed by atoms with Crippen LogP contribution in [0.4, 0.5) is 5.82 Å². The Balaban J connectivity index is 3.00. The van der Waals surface area contributed by atoms with Gasteiger partial charge in [-0.2, -0.15) is 0 Å². The van der Waals surface area contributed by atoms with E-state index in [4.69, 9.17) is 6.42 Å². The number of aryl methyl sites for hydroxylation is 2. The highest BCUT2D eigenvalue weighted by Crippen LogP contribution is 2.13. The van der Waals surface area contributed by atoms with Crippen molar-refractivity contribution in [3.63, 3.8) is 0 Å². The Hall–Kier alpha value is -1.56. The minimum atomic E-state index is 0.497. The molecular formula is C10H13N3.